The van der Waals surface area contributed by atoms with Crippen molar-refractivity contribution >= 4 is 9.84 Å². The van der Waals surface area contributed by atoms with E-state index in [0.29, 0.717) is 12.3 Å². The second-order valence-electron chi connectivity index (χ2n) is 3.22. The summed E-state index contributed by atoms with van der Waals surface area (Å²) >= 11 is 0. The van der Waals surface area contributed by atoms with Crippen LogP contribution in [0.5, 0.6) is 0 Å². The largest absolute Gasteiger partial charge is 0.396 e. The third-order valence-electron chi connectivity index (χ3n) is 1.94. The minimum Gasteiger partial charge on any atom is -0.396 e. The summed E-state index contributed by atoms with van der Waals surface area (Å²) in [6.07, 6.45) is 0.295. The molecule has 16 heavy (non-hydrogen) atoms. The number of aliphatic hydroxyl groups excluding tert-OH is 1. The molecule has 1 N–H and O–H groups in total. The van der Waals surface area contributed by atoms with Crippen LogP contribution in [0.15, 0.2) is 11.0 Å². The van der Waals surface area contributed by atoms with E-state index in [0.717, 1.165) is 0 Å². The summed E-state index contributed by atoms with van der Waals surface area (Å²) in [5.74, 6) is -4.55. The lowest BCUT2D eigenvalue weighted by molar-refractivity contribution is 0.296. The zero-order valence-corrected chi connectivity index (χ0v) is 9.11. The van der Waals surface area contributed by atoms with Crippen molar-refractivity contribution in [1.29, 1.82) is 0 Å². The fraction of sp³-hybridized carbons (Fsp3) is 0.333. The van der Waals surface area contributed by atoms with Crippen LogP contribution in [-0.2, 0) is 16.3 Å². The maximum Gasteiger partial charge on any atom is 0.181 e. The van der Waals surface area contributed by atoms with Gasteiger partial charge in [0.15, 0.2) is 21.5 Å². The molecular weight excluding hydrogens is 245 g/mol. The van der Waals surface area contributed by atoms with E-state index >= 15 is 0 Å². The third kappa shape index (κ3) is 2.35. The quantitative estimate of drug-likeness (QED) is 0.820. The van der Waals surface area contributed by atoms with Crippen molar-refractivity contribution in [2.24, 2.45) is 0 Å². The molecule has 0 saturated heterocycles. The van der Waals surface area contributed by atoms with Crippen molar-refractivity contribution in [3.63, 3.8) is 0 Å². The Balaban J connectivity index is 3.53. The van der Waals surface area contributed by atoms with Gasteiger partial charge in [0.2, 0.25) is 0 Å². The highest BCUT2D eigenvalue weighted by molar-refractivity contribution is 7.90. The summed E-state index contributed by atoms with van der Waals surface area (Å²) in [6, 6.07) is 0.574. The van der Waals surface area contributed by atoms with E-state index in [9.17, 15) is 21.6 Å². The first-order valence-electron chi connectivity index (χ1n) is 4.26. The van der Waals surface area contributed by atoms with Gasteiger partial charge in [-0.05, 0) is 18.1 Å². The third-order valence-corrected chi connectivity index (χ3v) is 3.06. The number of hydrogen-bond donors (Lipinski definition) is 1. The molecule has 1 rings (SSSR count). The molecule has 0 aliphatic rings. The maximum atomic E-state index is 13.3. The summed E-state index contributed by atoms with van der Waals surface area (Å²) in [5, 5.41) is 8.53. The van der Waals surface area contributed by atoms with Gasteiger partial charge >= 0.3 is 0 Å². The van der Waals surface area contributed by atoms with Crippen LogP contribution in [0.1, 0.15) is 5.56 Å². The summed E-state index contributed by atoms with van der Waals surface area (Å²) < 4.78 is 61.8. The number of aliphatic hydroxyl groups is 1. The molecule has 0 bridgehead atoms. The van der Waals surface area contributed by atoms with Crippen molar-refractivity contribution < 1.29 is 26.7 Å². The molecule has 0 spiro atoms. The molecule has 0 unspecified atom stereocenters. The monoisotopic (exact) mass is 254 g/mol. The minimum atomic E-state index is -4.17. The van der Waals surface area contributed by atoms with Crippen molar-refractivity contribution in [2.45, 2.75) is 11.3 Å². The molecule has 0 amide bonds. The highest BCUT2D eigenvalue weighted by Crippen LogP contribution is 2.24. The molecule has 0 fully saturated rings. The Kier molecular flexibility index (Phi) is 3.59. The second-order valence-corrected chi connectivity index (χ2v) is 5.17. The number of halogens is 3. The lowest BCUT2D eigenvalue weighted by atomic mass is 10.1. The molecule has 0 radical (unpaired) electrons. The van der Waals surface area contributed by atoms with E-state index in [1.54, 1.807) is 0 Å². The van der Waals surface area contributed by atoms with Crippen LogP contribution in [0.2, 0.25) is 0 Å². The Morgan fingerprint density at radius 1 is 1.25 bits per heavy atom. The number of benzene rings is 1. The SMILES string of the molecule is CS(=O)(=O)c1c(F)cc(CCO)c(F)c1F. The van der Waals surface area contributed by atoms with Gasteiger partial charge in [-0.25, -0.2) is 21.6 Å². The van der Waals surface area contributed by atoms with Gasteiger partial charge < -0.3 is 5.11 Å². The van der Waals surface area contributed by atoms with Crippen LogP contribution in [0, 0.1) is 17.5 Å². The molecule has 0 saturated carbocycles. The molecule has 3 nitrogen and oxygen atoms in total. The summed E-state index contributed by atoms with van der Waals surface area (Å²) in [5.41, 5.74) is -0.398. The average molecular weight is 254 g/mol. The van der Waals surface area contributed by atoms with Gasteiger partial charge in [-0.3, -0.25) is 0 Å². The molecule has 0 heterocycles. The smallest absolute Gasteiger partial charge is 0.181 e. The van der Waals surface area contributed by atoms with Gasteiger partial charge in [0.25, 0.3) is 0 Å². The molecule has 90 valence electrons. The van der Waals surface area contributed by atoms with Crippen molar-refractivity contribution in [2.75, 3.05) is 12.9 Å². The van der Waals surface area contributed by atoms with Gasteiger partial charge in [-0.1, -0.05) is 0 Å². The molecule has 0 atom stereocenters. The van der Waals surface area contributed by atoms with Crippen LogP contribution >= 0.6 is 0 Å². The van der Waals surface area contributed by atoms with E-state index in [-0.39, 0.29) is 6.42 Å². The van der Waals surface area contributed by atoms with Crippen molar-refractivity contribution in [3.8, 4) is 0 Å². The summed E-state index contributed by atoms with van der Waals surface area (Å²) in [6.45, 7) is -0.492. The van der Waals surface area contributed by atoms with Gasteiger partial charge in [0, 0.05) is 12.9 Å². The summed E-state index contributed by atoms with van der Waals surface area (Å²) in [4.78, 5) is -1.29. The molecule has 7 heteroatoms. The lowest BCUT2D eigenvalue weighted by Gasteiger charge is -2.07. The Morgan fingerprint density at radius 3 is 2.25 bits per heavy atom. The van der Waals surface area contributed by atoms with E-state index < -0.39 is 44.4 Å². The van der Waals surface area contributed by atoms with Crippen molar-refractivity contribution in [3.05, 3.63) is 29.1 Å². The summed E-state index contributed by atoms with van der Waals surface area (Å²) in [7, 11) is -4.17. The van der Waals surface area contributed by atoms with Gasteiger partial charge in [-0.15, -0.1) is 0 Å². The lowest BCUT2D eigenvalue weighted by Crippen LogP contribution is -2.09. The second kappa shape index (κ2) is 4.42. The zero-order chi connectivity index (χ0) is 12.5. The predicted molar refractivity (Wildman–Crippen MR) is 50.2 cm³/mol. The molecule has 0 aliphatic carbocycles. The van der Waals surface area contributed by atoms with Gasteiger partial charge in [0.05, 0.1) is 0 Å². The Labute approximate surface area is 90.4 Å². The van der Waals surface area contributed by atoms with Crippen molar-refractivity contribution in [1.82, 2.24) is 0 Å². The molecule has 0 aliphatic heterocycles. The Bertz CT molecular complexity index is 511. The van der Waals surface area contributed by atoms with E-state index in [2.05, 4.69) is 0 Å². The fourth-order valence-electron chi connectivity index (χ4n) is 1.27. The minimum absolute atomic E-state index is 0.288. The highest BCUT2D eigenvalue weighted by Gasteiger charge is 2.25. The van der Waals surface area contributed by atoms with Gasteiger partial charge in [0.1, 0.15) is 10.7 Å². The molecular formula is C9H9F3O3S. The fourth-order valence-corrected chi connectivity index (χ4v) is 2.10. The predicted octanol–water partition coefficient (Wildman–Crippen LogP) is 1.04. The molecule has 1 aromatic carbocycles. The Hall–Kier alpha value is -1.08. The highest BCUT2D eigenvalue weighted by atomic mass is 32.2. The van der Waals surface area contributed by atoms with E-state index in [1.807, 2.05) is 0 Å². The van der Waals surface area contributed by atoms with E-state index in [1.165, 1.54) is 0 Å². The topological polar surface area (TPSA) is 54.4 Å². The average Bonchev–Trinajstić information content (AvgIpc) is 2.12. The first kappa shape index (κ1) is 13.0. The number of sulfone groups is 1. The number of rotatable bonds is 3. The van der Waals surface area contributed by atoms with Gasteiger partial charge in [-0.2, -0.15) is 0 Å². The van der Waals surface area contributed by atoms with Crippen LogP contribution in [0.4, 0.5) is 13.2 Å². The molecule has 0 aromatic heterocycles. The van der Waals surface area contributed by atoms with Crippen LogP contribution in [0.3, 0.4) is 0 Å². The van der Waals surface area contributed by atoms with Crippen LogP contribution in [0.25, 0.3) is 0 Å². The van der Waals surface area contributed by atoms with Crippen LogP contribution < -0.4 is 0 Å². The normalized spacial score (nSPS) is 11.8. The number of hydrogen-bond acceptors (Lipinski definition) is 3. The zero-order valence-electron chi connectivity index (χ0n) is 8.30. The van der Waals surface area contributed by atoms with E-state index in [4.69, 9.17) is 5.11 Å². The first-order valence-corrected chi connectivity index (χ1v) is 6.15. The maximum absolute atomic E-state index is 13.3. The molecule has 1 aromatic rings. The Morgan fingerprint density at radius 2 is 1.81 bits per heavy atom. The van der Waals surface area contributed by atoms with Crippen LogP contribution in [-0.4, -0.2) is 26.4 Å². The standard InChI is InChI=1S/C9H9F3O3S/c1-16(14,15)9-6(10)4-5(2-3-13)7(11)8(9)12/h4,13H,2-3H2,1H3. The first-order chi connectivity index (χ1) is 7.29.